The van der Waals surface area contributed by atoms with Crippen LogP contribution in [0.4, 0.5) is 10.1 Å². The molecule has 0 aliphatic rings. The quantitative estimate of drug-likeness (QED) is 0.528. The third-order valence-corrected chi connectivity index (χ3v) is 4.51. The Kier molecular flexibility index (Phi) is 7.24. The molecule has 0 saturated carbocycles. The number of benzene rings is 3. The number of nitrogens with one attached hydrogen (secondary N) is 3. The van der Waals surface area contributed by atoms with Gasteiger partial charge in [0.05, 0.1) is 16.8 Å². The summed E-state index contributed by atoms with van der Waals surface area (Å²) < 4.78 is 13.8. The molecule has 0 radical (unpaired) electrons. The van der Waals surface area contributed by atoms with Crippen LogP contribution < -0.4 is 16.0 Å². The zero-order valence-electron chi connectivity index (χ0n) is 16.0. The Balaban J connectivity index is 1.60. The van der Waals surface area contributed by atoms with Crippen molar-refractivity contribution in [1.29, 1.82) is 0 Å². The lowest BCUT2D eigenvalue weighted by Crippen LogP contribution is -2.35. The van der Waals surface area contributed by atoms with Gasteiger partial charge in [0.2, 0.25) is 0 Å². The molecule has 30 heavy (non-hydrogen) atoms. The number of carbonyl (C=O) groups is 2. The van der Waals surface area contributed by atoms with Gasteiger partial charge in [0.25, 0.3) is 11.8 Å². The normalized spacial score (nSPS) is 10.2. The van der Waals surface area contributed by atoms with Crippen molar-refractivity contribution in [2.24, 2.45) is 0 Å². The molecule has 0 atom stereocenters. The maximum absolute atomic E-state index is 13.8. The van der Waals surface area contributed by atoms with E-state index in [1.165, 1.54) is 18.2 Å². The van der Waals surface area contributed by atoms with Gasteiger partial charge in [0.15, 0.2) is 5.11 Å². The highest BCUT2D eigenvalue weighted by Gasteiger charge is 2.15. The third-order valence-electron chi connectivity index (χ3n) is 4.31. The number of carbonyl (C=O) groups excluding carboxylic acids is 2. The van der Waals surface area contributed by atoms with Gasteiger partial charge >= 0.3 is 0 Å². The minimum Gasteiger partial charge on any atom is -0.352 e. The van der Waals surface area contributed by atoms with Gasteiger partial charge in [-0.15, -0.1) is 0 Å². The van der Waals surface area contributed by atoms with E-state index in [4.69, 9.17) is 12.2 Å². The van der Waals surface area contributed by atoms with E-state index in [-0.39, 0.29) is 16.6 Å². The zero-order valence-corrected chi connectivity index (χ0v) is 16.8. The lowest BCUT2D eigenvalue weighted by molar-refractivity contribution is 0.0952. The maximum Gasteiger partial charge on any atom is 0.260 e. The number of amides is 2. The lowest BCUT2D eigenvalue weighted by Gasteiger charge is -2.14. The minimum atomic E-state index is -0.671. The van der Waals surface area contributed by atoms with Crippen LogP contribution in [-0.4, -0.2) is 23.5 Å². The first-order valence-corrected chi connectivity index (χ1v) is 9.73. The average molecular weight is 421 g/mol. The second kappa shape index (κ2) is 10.3. The van der Waals surface area contributed by atoms with E-state index < -0.39 is 11.7 Å². The van der Waals surface area contributed by atoms with Gasteiger partial charge in [-0.05, 0) is 48.5 Å². The van der Waals surface area contributed by atoms with Crippen molar-refractivity contribution >= 4 is 34.8 Å². The summed E-state index contributed by atoms with van der Waals surface area (Å²) in [7, 11) is 0. The summed E-state index contributed by atoms with van der Waals surface area (Å²) in [5.74, 6) is -1.58. The monoisotopic (exact) mass is 421 g/mol. The van der Waals surface area contributed by atoms with Crippen LogP contribution in [0, 0.1) is 5.82 Å². The summed E-state index contributed by atoms with van der Waals surface area (Å²) in [5.41, 5.74) is 1.83. The molecule has 0 saturated heterocycles. The van der Waals surface area contributed by atoms with Crippen molar-refractivity contribution < 1.29 is 14.0 Å². The molecule has 0 fully saturated rings. The van der Waals surface area contributed by atoms with Gasteiger partial charge in [-0.2, -0.15) is 0 Å². The first-order valence-electron chi connectivity index (χ1n) is 9.32. The van der Waals surface area contributed by atoms with E-state index in [0.717, 1.165) is 5.56 Å². The molecule has 0 heterocycles. The van der Waals surface area contributed by atoms with E-state index in [1.807, 2.05) is 30.3 Å². The minimum absolute atomic E-state index is 0.0345. The Labute approximate surface area is 179 Å². The smallest absolute Gasteiger partial charge is 0.260 e. The summed E-state index contributed by atoms with van der Waals surface area (Å²) in [6, 6.07) is 22.3. The van der Waals surface area contributed by atoms with Gasteiger partial charge in [-0.1, -0.05) is 54.6 Å². The van der Waals surface area contributed by atoms with Crippen molar-refractivity contribution in [3.8, 4) is 0 Å². The fourth-order valence-corrected chi connectivity index (χ4v) is 3.02. The molecule has 3 aromatic carbocycles. The van der Waals surface area contributed by atoms with Crippen molar-refractivity contribution in [2.45, 2.75) is 6.42 Å². The van der Waals surface area contributed by atoms with Crippen LogP contribution in [0.15, 0.2) is 78.9 Å². The average Bonchev–Trinajstić information content (AvgIpc) is 2.75. The highest BCUT2D eigenvalue weighted by Crippen LogP contribution is 2.15. The topological polar surface area (TPSA) is 70.2 Å². The van der Waals surface area contributed by atoms with Gasteiger partial charge < -0.3 is 10.6 Å². The summed E-state index contributed by atoms with van der Waals surface area (Å²) in [4.78, 5) is 24.8. The Morgan fingerprint density at radius 1 is 0.800 bits per heavy atom. The van der Waals surface area contributed by atoms with Crippen molar-refractivity contribution in [1.82, 2.24) is 10.6 Å². The molecule has 0 bridgehead atoms. The first kappa shape index (κ1) is 21.1. The lowest BCUT2D eigenvalue weighted by atomic mass is 10.1. The summed E-state index contributed by atoms with van der Waals surface area (Å²) in [6.45, 7) is 0.478. The number of halogens is 1. The summed E-state index contributed by atoms with van der Waals surface area (Å²) in [5, 5.41) is 8.10. The molecule has 152 valence electrons. The zero-order chi connectivity index (χ0) is 21.3. The van der Waals surface area contributed by atoms with Crippen molar-refractivity contribution in [3.05, 3.63) is 101 Å². The summed E-state index contributed by atoms with van der Waals surface area (Å²) >= 11 is 5.16. The van der Waals surface area contributed by atoms with Gasteiger partial charge in [0, 0.05) is 6.54 Å². The Morgan fingerprint density at radius 3 is 2.17 bits per heavy atom. The van der Waals surface area contributed by atoms with Crippen LogP contribution in [0.2, 0.25) is 0 Å². The van der Waals surface area contributed by atoms with Gasteiger partial charge in [-0.3, -0.25) is 14.9 Å². The molecule has 7 heteroatoms. The molecule has 3 rings (SSSR count). The first-order chi connectivity index (χ1) is 14.5. The summed E-state index contributed by atoms with van der Waals surface area (Å²) in [6.07, 6.45) is 0.708. The molecule has 0 unspecified atom stereocenters. The highest BCUT2D eigenvalue weighted by atomic mass is 32.1. The largest absolute Gasteiger partial charge is 0.352 e. The predicted molar refractivity (Wildman–Crippen MR) is 119 cm³/mol. The molecule has 0 aliphatic carbocycles. The van der Waals surface area contributed by atoms with Crippen molar-refractivity contribution in [3.63, 3.8) is 0 Å². The number of rotatable bonds is 6. The van der Waals surface area contributed by atoms with Gasteiger partial charge in [-0.25, -0.2) is 4.39 Å². The third kappa shape index (κ3) is 5.71. The van der Waals surface area contributed by atoms with Gasteiger partial charge in [0.1, 0.15) is 5.82 Å². The Morgan fingerprint density at radius 2 is 1.43 bits per heavy atom. The van der Waals surface area contributed by atoms with E-state index in [0.29, 0.717) is 24.2 Å². The second-order valence-corrected chi connectivity index (χ2v) is 6.83. The molecule has 2 amide bonds. The molecular weight excluding hydrogens is 401 g/mol. The number of hydrogen-bond donors (Lipinski definition) is 3. The standard InChI is InChI=1S/C23H20FN3O2S/c24-19-12-6-4-10-17(19)22(29)27-23(30)26-20-13-7-5-11-18(20)21(28)25-15-14-16-8-2-1-3-9-16/h1-13H,14-15H2,(H,25,28)(H2,26,27,29,30). The SMILES string of the molecule is O=C(NC(=S)Nc1ccccc1C(=O)NCCc1ccccc1)c1ccccc1F. The van der Waals surface area contributed by atoms with Crippen LogP contribution in [0.3, 0.4) is 0 Å². The van der Waals surface area contributed by atoms with Crippen LogP contribution in [0.25, 0.3) is 0 Å². The van der Waals surface area contributed by atoms with Crippen molar-refractivity contribution in [2.75, 3.05) is 11.9 Å². The fraction of sp³-hybridized carbons (Fsp3) is 0.0870. The number of para-hydroxylation sites is 1. The molecule has 3 aromatic rings. The maximum atomic E-state index is 13.8. The molecule has 0 aromatic heterocycles. The van der Waals surface area contributed by atoms with Crippen LogP contribution >= 0.6 is 12.2 Å². The molecule has 5 nitrogen and oxygen atoms in total. The van der Waals surface area contributed by atoms with Crippen LogP contribution in [-0.2, 0) is 6.42 Å². The van der Waals surface area contributed by atoms with Crippen LogP contribution in [0.5, 0.6) is 0 Å². The second-order valence-electron chi connectivity index (χ2n) is 6.43. The highest BCUT2D eigenvalue weighted by molar-refractivity contribution is 7.80. The number of thiocarbonyl (C=S) groups is 1. The molecule has 0 aliphatic heterocycles. The predicted octanol–water partition coefficient (Wildman–Crippen LogP) is 3.93. The van der Waals surface area contributed by atoms with E-state index in [2.05, 4.69) is 16.0 Å². The Bertz CT molecular complexity index is 1060. The molecule has 0 spiro atoms. The van der Waals surface area contributed by atoms with E-state index >= 15 is 0 Å². The number of hydrogen-bond acceptors (Lipinski definition) is 3. The molecule has 3 N–H and O–H groups in total. The fourth-order valence-electron chi connectivity index (χ4n) is 2.82. The van der Waals surface area contributed by atoms with E-state index in [1.54, 1.807) is 30.3 Å². The van der Waals surface area contributed by atoms with E-state index in [9.17, 15) is 14.0 Å². The number of anilines is 1. The Hall–Kier alpha value is -3.58. The van der Waals surface area contributed by atoms with Crippen LogP contribution in [0.1, 0.15) is 26.3 Å². The molecular formula is C23H20FN3O2S.